The third-order valence-electron chi connectivity index (χ3n) is 2.94. The lowest BCUT2D eigenvalue weighted by Crippen LogP contribution is -2.31. The van der Waals surface area contributed by atoms with Gasteiger partial charge < -0.3 is 20.7 Å². The van der Waals surface area contributed by atoms with Crippen molar-refractivity contribution in [1.82, 2.24) is 14.9 Å². The Bertz CT molecular complexity index is 686. The molecule has 0 saturated heterocycles. The molecule has 0 atom stereocenters. The highest BCUT2D eigenvalue weighted by Gasteiger charge is 2.16. The fraction of sp³-hybridized carbons (Fsp3) is 0.231. The van der Waals surface area contributed by atoms with E-state index in [1.165, 1.54) is 10.8 Å². The molecule has 22 heavy (non-hydrogen) atoms. The number of anilines is 1. The number of rotatable bonds is 5. The molecule has 0 aliphatic rings. The summed E-state index contributed by atoms with van der Waals surface area (Å²) < 4.78 is 1.53. The lowest BCUT2D eigenvalue weighted by atomic mass is 10.3. The summed E-state index contributed by atoms with van der Waals surface area (Å²) >= 11 is 11.0. The van der Waals surface area contributed by atoms with Crippen molar-refractivity contribution in [3.05, 3.63) is 51.4 Å². The van der Waals surface area contributed by atoms with Crippen molar-refractivity contribution in [2.24, 2.45) is 0 Å². The number of hydrogen-bond donors (Lipinski definition) is 2. The predicted molar refractivity (Wildman–Crippen MR) is 89.3 cm³/mol. The monoisotopic (exact) mass is 339 g/mol. The molecule has 1 heterocycles. The van der Waals surface area contributed by atoms with Crippen molar-refractivity contribution in [3.8, 4) is 0 Å². The molecule has 0 fully saturated rings. The average molecular weight is 340 g/mol. The summed E-state index contributed by atoms with van der Waals surface area (Å²) in [5.74, 6) is 0.556. The first kappa shape index (κ1) is 16.2. The van der Waals surface area contributed by atoms with E-state index in [9.17, 15) is 10.1 Å². The number of nitro groups is 1. The van der Waals surface area contributed by atoms with Crippen LogP contribution in [0.4, 0.5) is 11.5 Å². The molecular weight excluding hydrogens is 326 g/mol. The highest BCUT2D eigenvalue weighted by molar-refractivity contribution is 7.80. The Morgan fingerprint density at radius 1 is 1.45 bits per heavy atom. The van der Waals surface area contributed by atoms with Gasteiger partial charge in [-0.15, -0.1) is 0 Å². The lowest BCUT2D eigenvalue weighted by Gasteiger charge is -2.10. The van der Waals surface area contributed by atoms with E-state index in [2.05, 4.69) is 15.6 Å². The fourth-order valence-corrected chi connectivity index (χ4v) is 2.21. The maximum atomic E-state index is 10.9. The number of nitrogens with zero attached hydrogens (tertiary/aromatic N) is 3. The standard InChI is InChI=1S/C13H14ClN5O2S/c1-9-16-8-12(19(20)21)18(9)7-6-15-13(22)17-11-4-2-10(14)3-5-11/h2-5,8H,6-7H2,1H3,(H2,15,17,22). The number of aromatic nitrogens is 2. The number of nitrogens with one attached hydrogen (secondary N) is 2. The Morgan fingerprint density at radius 2 is 2.14 bits per heavy atom. The van der Waals surface area contributed by atoms with Crippen LogP contribution in [0.5, 0.6) is 0 Å². The minimum absolute atomic E-state index is 0.0316. The molecule has 2 N–H and O–H groups in total. The largest absolute Gasteiger partial charge is 0.358 e. The van der Waals surface area contributed by atoms with E-state index in [0.29, 0.717) is 29.0 Å². The third kappa shape index (κ3) is 4.15. The van der Waals surface area contributed by atoms with Gasteiger partial charge in [-0.05, 0) is 41.4 Å². The van der Waals surface area contributed by atoms with Crippen LogP contribution in [0.1, 0.15) is 5.82 Å². The minimum Gasteiger partial charge on any atom is -0.358 e. The molecule has 0 aliphatic carbocycles. The van der Waals surface area contributed by atoms with Gasteiger partial charge in [0.15, 0.2) is 10.9 Å². The van der Waals surface area contributed by atoms with E-state index in [4.69, 9.17) is 23.8 Å². The predicted octanol–water partition coefficient (Wildman–Crippen LogP) is 2.74. The van der Waals surface area contributed by atoms with Gasteiger partial charge in [0.1, 0.15) is 12.7 Å². The highest BCUT2D eigenvalue weighted by Crippen LogP contribution is 2.14. The van der Waals surface area contributed by atoms with Gasteiger partial charge in [0.05, 0.1) is 6.54 Å². The van der Waals surface area contributed by atoms with Crippen molar-refractivity contribution in [1.29, 1.82) is 0 Å². The molecule has 0 spiro atoms. The molecule has 1 aromatic carbocycles. The second-order valence-corrected chi connectivity index (χ2v) is 5.30. The zero-order valence-corrected chi connectivity index (χ0v) is 13.3. The highest BCUT2D eigenvalue weighted by atomic mass is 35.5. The molecule has 1 aromatic heterocycles. The Balaban J connectivity index is 1.86. The number of hydrogen-bond acceptors (Lipinski definition) is 4. The number of aryl methyl sites for hydroxylation is 1. The molecule has 0 unspecified atom stereocenters. The summed E-state index contributed by atoms with van der Waals surface area (Å²) in [7, 11) is 0. The molecule has 0 bridgehead atoms. The molecule has 0 radical (unpaired) electrons. The normalized spacial score (nSPS) is 10.3. The van der Waals surface area contributed by atoms with Crippen LogP contribution in [0.2, 0.25) is 5.02 Å². The van der Waals surface area contributed by atoms with Crippen molar-refractivity contribution in [3.63, 3.8) is 0 Å². The molecule has 0 saturated carbocycles. The number of imidazole rings is 1. The van der Waals surface area contributed by atoms with Gasteiger partial charge in [0.2, 0.25) is 0 Å². The molecule has 116 valence electrons. The van der Waals surface area contributed by atoms with Gasteiger partial charge in [-0.2, -0.15) is 0 Å². The molecule has 0 aliphatic heterocycles. The van der Waals surface area contributed by atoms with Crippen LogP contribution in [-0.2, 0) is 6.54 Å². The van der Waals surface area contributed by atoms with Gasteiger partial charge in [0, 0.05) is 17.6 Å². The summed E-state index contributed by atoms with van der Waals surface area (Å²) in [6, 6.07) is 7.12. The van der Waals surface area contributed by atoms with Crippen LogP contribution in [0, 0.1) is 17.0 Å². The fourth-order valence-electron chi connectivity index (χ4n) is 1.87. The first-order valence-corrected chi connectivity index (χ1v) is 7.23. The number of halogens is 1. The number of benzene rings is 1. The van der Waals surface area contributed by atoms with E-state index in [1.807, 2.05) is 0 Å². The van der Waals surface area contributed by atoms with E-state index >= 15 is 0 Å². The van der Waals surface area contributed by atoms with Crippen molar-refractivity contribution in [2.75, 3.05) is 11.9 Å². The van der Waals surface area contributed by atoms with E-state index in [0.717, 1.165) is 5.69 Å². The molecule has 2 rings (SSSR count). The lowest BCUT2D eigenvalue weighted by molar-refractivity contribution is -0.392. The first-order chi connectivity index (χ1) is 10.5. The van der Waals surface area contributed by atoms with Crippen LogP contribution < -0.4 is 10.6 Å². The molecular formula is C13H14ClN5O2S. The number of thiocarbonyl (C=S) groups is 1. The van der Waals surface area contributed by atoms with E-state index in [1.54, 1.807) is 31.2 Å². The Kier molecular flexibility index (Phi) is 5.29. The first-order valence-electron chi connectivity index (χ1n) is 6.44. The SMILES string of the molecule is Cc1ncc([N+](=O)[O-])n1CCNC(=S)Nc1ccc(Cl)cc1. The maximum Gasteiger partial charge on any atom is 0.342 e. The smallest absolute Gasteiger partial charge is 0.342 e. The van der Waals surface area contributed by atoms with Gasteiger partial charge in [0.25, 0.3) is 0 Å². The molecule has 0 amide bonds. The van der Waals surface area contributed by atoms with Gasteiger partial charge in [-0.3, -0.25) is 0 Å². The van der Waals surface area contributed by atoms with Crippen LogP contribution >= 0.6 is 23.8 Å². The summed E-state index contributed by atoms with van der Waals surface area (Å²) in [6.07, 6.45) is 1.25. The second-order valence-electron chi connectivity index (χ2n) is 4.46. The van der Waals surface area contributed by atoms with Crippen LogP contribution in [-0.4, -0.2) is 26.1 Å². The van der Waals surface area contributed by atoms with Gasteiger partial charge in [-0.1, -0.05) is 11.6 Å². The van der Waals surface area contributed by atoms with Crippen molar-refractivity contribution >= 4 is 40.4 Å². The minimum atomic E-state index is -0.454. The van der Waals surface area contributed by atoms with Gasteiger partial charge >= 0.3 is 5.82 Å². The van der Waals surface area contributed by atoms with Crippen LogP contribution in [0.25, 0.3) is 0 Å². The van der Waals surface area contributed by atoms with E-state index < -0.39 is 4.92 Å². The summed E-state index contributed by atoms with van der Waals surface area (Å²) in [4.78, 5) is 14.4. The van der Waals surface area contributed by atoms with E-state index in [-0.39, 0.29) is 5.82 Å². The van der Waals surface area contributed by atoms with Crippen LogP contribution in [0.15, 0.2) is 30.5 Å². The second kappa shape index (κ2) is 7.19. The zero-order chi connectivity index (χ0) is 16.1. The topological polar surface area (TPSA) is 85.0 Å². The summed E-state index contributed by atoms with van der Waals surface area (Å²) in [5.41, 5.74) is 0.812. The Morgan fingerprint density at radius 3 is 2.77 bits per heavy atom. The van der Waals surface area contributed by atoms with Gasteiger partial charge in [-0.25, -0.2) is 9.55 Å². The zero-order valence-electron chi connectivity index (χ0n) is 11.7. The van der Waals surface area contributed by atoms with Crippen molar-refractivity contribution in [2.45, 2.75) is 13.5 Å². The molecule has 9 heteroatoms. The molecule has 2 aromatic rings. The van der Waals surface area contributed by atoms with Crippen LogP contribution in [0.3, 0.4) is 0 Å². The quantitative estimate of drug-likeness (QED) is 0.495. The molecule has 7 nitrogen and oxygen atoms in total. The Hall–Kier alpha value is -2.19. The average Bonchev–Trinajstić information content (AvgIpc) is 2.83. The third-order valence-corrected chi connectivity index (χ3v) is 3.44. The van der Waals surface area contributed by atoms with Crippen molar-refractivity contribution < 1.29 is 4.92 Å². The Labute approximate surface area is 137 Å². The maximum absolute atomic E-state index is 10.9. The summed E-state index contributed by atoms with van der Waals surface area (Å²) in [6.45, 7) is 2.55. The summed E-state index contributed by atoms with van der Waals surface area (Å²) in [5, 5.41) is 18.0.